The summed E-state index contributed by atoms with van der Waals surface area (Å²) >= 11 is 0. The Morgan fingerprint density at radius 2 is 2.36 bits per heavy atom. The standard InChI is InChI=1S/C11H19N3/c1-8(3-12)6-14-7-10-4-13-5-11(10)9(14)2/h8-11,13H,4-7H2,1-2H3. The van der Waals surface area contributed by atoms with Crippen LogP contribution in [0.15, 0.2) is 0 Å². The number of nitrogens with one attached hydrogen (secondary N) is 1. The second kappa shape index (κ2) is 3.88. The zero-order chi connectivity index (χ0) is 10.1. The molecular weight excluding hydrogens is 174 g/mol. The molecule has 4 unspecified atom stereocenters. The Bertz CT molecular complexity index is 245. The molecule has 2 saturated heterocycles. The molecule has 0 saturated carbocycles. The highest BCUT2D eigenvalue weighted by Gasteiger charge is 2.41. The third-order valence-corrected chi connectivity index (χ3v) is 3.79. The molecule has 0 aromatic heterocycles. The molecule has 2 rings (SSSR count). The highest BCUT2D eigenvalue weighted by molar-refractivity contribution is 4.98. The molecule has 3 nitrogen and oxygen atoms in total. The molecular formula is C11H19N3. The average molecular weight is 193 g/mol. The number of likely N-dealkylation sites (tertiary alicyclic amines) is 1. The zero-order valence-electron chi connectivity index (χ0n) is 9.03. The number of fused-ring (bicyclic) bond motifs is 1. The van der Waals surface area contributed by atoms with Gasteiger partial charge in [-0.25, -0.2) is 0 Å². The van der Waals surface area contributed by atoms with E-state index in [9.17, 15) is 0 Å². The van der Waals surface area contributed by atoms with E-state index in [1.807, 2.05) is 6.92 Å². The van der Waals surface area contributed by atoms with Crippen molar-refractivity contribution in [3.8, 4) is 6.07 Å². The van der Waals surface area contributed by atoms with Crippen LogP contribution in [0.5, 0.6) is 0 Å². The molecule has 0 aromatic rings. The molecule has 1 N–H and O–H groups in total. The van der Waals surface area contributed by atoms with Crippen LogP contribution < -0.4 is 5.32 Å². The monoisotopic (exact) mass is 193 g/mol. The van der Waals surface area contributed by atoms with Crippen molar-refractivity contribution in [1.29, 1.82) is 5.26 Å². The Kier molecular flexibility index (Phi) is 2.76. The Balaban J connectivity index is 1.94. The van der Waals surface area contributed by atoms with Gasteiger partial charge in [0.15, 0.2) is 0 Å². The highest BCUT2D eigenvalue weighted by Crippen LogP contribution is 2.32. The first-order valence-corrected chi connectivity index (χ1v) is 5.56. The van der Waals surface area contributed by atoms with Crippen molar-refractivity contribution < 1.29 is 0 Å². The maximum Gasteiger partial charge on any atom is 0.0666 e. The molecule has 2 aliphatic heterocycles. The van der Waals surface area contributed by atoms with Crippen LogP contribution in [0.25, 0.3) is 0 Å². The first-order chi connectivity index (χ1) is 6.72. The van der Waals surface area contributed by atoms with Crippen molar-refractivity contribution in [2.45, 2.75) is 19.9 Å². The number of nitriles is 1. The van der Waals surface area contributed by atoms with Crippen molar-refractivity contribution in [2.24, 2.45) is 17.8 Å². The van der Waals surface area contributed by atoms with E-state index < -0.39 is 0 Å². The van der Waals surface area contributed by atoms with Crippen LogP contribution in [0.1, 0.15) is 13.8 Å². The molecule has 14 heavy (non-hydrogen) atoms. The number of hydrogen-bond donors (Lipinski definition) is 1. The van der Waals surface area contributed by atoms with E-state index >= 15 is 0 Å². The van der Waals surface area contributed by atoms with E-state index in [4.69, 9.17) is 5.26 Å². The van der Waals surface area contributed by atoms with Crippen LogP contribution >= 0.6 is 0 Å². The van der Waals surface area contributed by atoms with Gasteiger partial charge in [-0.1, -0.05) is 0 Å². The predicted octanol–water partition coefficient (Wildman–Crippen LogP) is 0.686. The third-order valence-electron chi connectivity index (χ3n) is 3.79. The molecule has 78 valence electrons. The molecule has 4 atom stereocenters. The van der Waals surface area contributed by atoms with Crippen molar-refractivity contribution in [1.82, 2.24) is 10.2 Å². The van der Waals surface area contributed by atoms with Crippen LogP contribution in [0.4, 0.5) is 0 Å². The Hall–Kier alpha value is -0.590. The minimum Gasteiger partial charge on any atom is -0.316 e. The Labute approximate surface area is 86.1 Å². The highest BCUT2D eigenvalue weighted by atomic mass is 15.2. The summed E-state index contributed by atoms with van der Waals surface area (Å²) in [5.41, 5.74) is 0. The van der Waals surface area contributed by atoms with Crippen molar-refractivity contribution >= 4 is 0 Å². The van der Waals surface area contributed by atoms with Crippen molar-refractivity contribution in [3.05, 3.63) is 0 Å². The predicted molar refractivity (Wildman–Crippen MR) is 55.7 cm³/mol. The van der Waals surface area contributed by atoms with Crippen LogP contribution in [0.2, 0.25) is 0 Å². The van der Waals surface area contributed by atoms with E-state index in [1.165, 1.54) is 19.6 Å². The summed E-state index contributed by atoms with van der Waals surface area (Å²) in [6.45, 7) is 8.80. The fraction of sp³-hybridized carbons (Fsp3) is 0.909. The number of nitrogens with zero attached hydrogens (tertiary/aromatic N) is 2. The van der Waals surface area contributed by atoms with Gasteiger partial charge in [-0.3, -0.25) is 4.90 Å². The second-order valence-corrected chi connectivity index (χ2v) is 4.81. The first-order valence-electron chi connectivity index (χ1n) is 5.56. The molecule has 0 radical (unpaired) electrons. The van der Waals surface area contributed by atoms with Crippen LogP contribution in [0, 0.1) is 29.1 Å². The maximum atomic E-state index is 8.80. The van der Waals surface area contributed by atoms with Gasteiger partial charge >= 0.3 is 0 Å². The number of rotatable bonds is 2. The van der Waals surface area contributed by atoms with E-state index in [0.717, 1.165) is 18.4 Å². The molecule has 0 aromatic carbocycles. The quantitative estimate of drug-likeness (QED) is 0.701. The van der Waals surface area contributed by atoms with Gasteiger partial charge in [0.2, 0.25) is 0 Å². The van der Waals surface area contributed by atoms with Gasteiger partial charge in [0, 0.05) is 19.1 Å². The second-order valence-electron chi connectivity index (χ2n) is 4.81. The minimum atomic E-state index is 0.171. The van der Waals surface area contributed by atoms with E-state index in [0.29, 0.717) is 6.04 Å². The lowest BCUT2D eigenvalue weighted by atomic mass is 9.95. The third kappa shape index (κ3) is 1.65. The smallest absolute Gasteiger partial charge is 0.0666 e. The normalized spacial score (nSPS) is 39.4. The summed E-state index contributed by atoms with van der Waals surface area (Å²) in [7, 11) is 0. The molecule has 2 aliphatic rings. The van der Waals surface area contributed by atoms with Gasteiger partial charge in [0.1, 0.15) is 0 Å². The van der Waals surface area contributed by atoms with Gasteiger partial charge in [-0.15, -0.1) is 0 Å². The van der Waals surface area contributed by atoms with Crippen LogP contribution in [-0.2, 0) is 0 Å². The van der Waals surface area contributed by atoms with Gasteiger partial charge in [-0.2, -0.15) is 5.26 Å². The molecule has 2 fully saturated rings. The van der Waals surface area contributed by atoms with Gasteiger partial charge in [-0.05, 0) is 38.8 Å². The van der Waals surface area contributed by atoms with Crippen molar-refractivity contribution in [3.63, 3.8) is 0 Å². The number of hydrogen-bond acceptors (Lipinski definition) is 3. The lowest BCUT2D eigenvalue weighted by Crippen LogP contribution is -2.35. The topological polar surface area (TPSA) is 39.1 Å². The Morgan fingerprint density at radius 3 is 3.00 bits per heavy atom. The summed E-state index contributed by atoms with van der Waals surface area (Å²) in [6.07, 6.45) is 0. The van der Waals surface area contributed by atoms with Crippen molar-refractivity contribution in [2.75, 3.05) is 26.2 Å². The molecule has 3 heteroatoms. The lowest BCUT2D eigenvalue weighted by molar-refractivity contribution is 0.224. The zero-order valence-corrected chi connectivity index (χ0v) is 9.03. The fourth-order valence-electron chi connectivity index (χ4n) is 2.89. The molecule has 0 spiro atoms. The lowest BCUT2D eigenvalue weighted by Gasteiger charge is -2.24. The summed E-state index contributed by atoms with van der Waals surface area (Å²) in [6, 6.07) is 2.98. The van der Waals surface area contributed by atoms with Gasteiger partial charge in [0.25, 0.3) is 0 Å². The maximum absolute atomic E-state index is 8.80. The van der Waals surface area contributed by atoms with Gasteiger partial charge < -0.3 is 5.32 Å². The fourth-order valence-corrected chi connectivity index (χ4v) is 2.89. The summed E-state index contributed by atoms with van der Waals surface area (Å²) in [5, 5.41) is 12.2. The van der Waals surface area contributed by atoms with E-state index in [-0.39, 0.29) is 5.92 Å². The first kappa shape index (κ1) is 9.95. The summed E-state index contributed by atoms with van der Waals surface area (Å²) in [5.74, 6) is 1.82. The molecule has 0 amide bonds. The minimum absolute atomic E-state index is 0.171. The molecule has 2 heterocycles. The Morgan fingerprint density at radius 1 is 1.57 bits per heavy atom. The van der Waals surface area contributed by atoms with Gasteiger partial charge in [0.05, 0.1) is 12.0 Å². The average Bonchev–Trinajstić information content (AvgIpc) is 2.72. The van der Waals surface area contributed by atoms with E-state index in [2.05, 4.69) is 23.2 Å². The van der Waals surface area contributed by atoms with E-state index in [1.54, 1.807) is 0 Å². The summed E-state index contributed by atoms with van der Waals surface area (Å²) in [4.78, 5) is 2.49. The van der Waals surface area contributed by atoms with Crippen LogP contribution in [0.3, 0.4) is 0 Å². The SMILES string of the molecule is CC(C#N)CN1CC2CNCC2C1C. The molecule has 0 aliphatic carbocycles. The molecule has 0 bridgehead atoms. The largest absolute Gasteiger partial charge is 0.316 e. The summed E-state index contributed by atoms with van der Waals surface area (Å²) < 4.78 is 0. The van der Waals surface area contributed by atoms with Crippen LogP contribution in [-0.4, -0.2) is 37.1 Å².